The van der Waals surface area contributed by atoms with E-state index in [1.54, 1.807) is 6.21 Å². The summed E-state index contributed by atoms with van der Waals surface area (Å²) in [5, 5.41) is 11.7. The number of aromatic hydroxyl groups is 1. The van der Waals surface area contributed by atoms with Crippen LogP contribution < -0.4 is 0 Å². The van der Waals surface area contributed by atoms with Gasteiger partial charge < -0.3 is 10.1 Å². The Hall–Kier alpha value is -2.26. The first-order valence-corrected chi connectivity index (χ1v) is 7.04. The lowest BCUT2D eigenvalue weighted by Gasteiger charge is -1.99. The molecule has 0 radical (unpaired) electrons. The second-order valence-electron chi connectivity index (χ2n) is 5.13. The lowest BCUT2D eigenvalue weighted by atomic mass is 10.1. The van der Waals surface area contributed by atoms with Gasteiger partial charge >= 0.3 is 0 Å². The summed E-state index contributed by atoms with van der Waals surface area (Å²) >= 11 is 6.09. The molecule has 0 spiro atoms. The van der Waals surface area contributed by atoms with Crippen molar-refractivity contribution in [2.75, 3.05) is 0 Å². The molecule has 1 aromatic heterocycles. The molecule has 0 aliphatic heterocycles. The first kappa shape index (κ1) is 13.7. The second-order valence-corrected chi connectivity index (χ2v) is 5.54. The number of aromatic amines is 1. The van der Waals surface area contributed by atoms with Crippen LogP contribution in [0.15, 0.2) is 41.4 Å². The van der Waals surface area contributed by atoms with Crippen LogP contribution in [0.2, 0.25) is 5.02 Å². The van der Waals surface area contributed by atoms with Gasteiger partial charge in [0.1, 0.15) is 0 Å². The molecule has 0 aliphatic carbocycles. The zero-order valence-electron chi connectivity index (χ0n) is 11.8. The highest BCUT2D eigenvalue weighted by atomic mass is 35.5. The Morgan fingerprint density at radius 1 is 1.14 bits per heavy atom. The molecule has 1 heterocycles. The van der Waals surface area contributed by atoms with Crippen LogP contribution in [0.1, 0.15) is 16.7 Å². The summed E-state index contributed by atoms with van der Waals surface area (Å²) in [4.78, 5) is 7.36. The van der Waals surface area contributed by atoms with E-state index < -0.39 is 0 Å². The van der Waals surface area contributed by atoms with E-state index >= 15 is 0 Å². The average molecular weight is 299 g/mol. The fourth-order valence-corrected chi connectivity index (χ4v) is 2.43. The number of aromatic nitrogens is 1. The van der Waals surface area contributed by atoms with Crippen LogP contribution in [0.25, 0.3) is 10.9 Å². The number of nitrogens with one attached hydrogen (secondary N) is 1. The molecular formula is C17H15ClN2O. The highest BCUT2D eigenvalue weighted by Gasteiger charge is 2.08. The smallest absolute Gasteiger partial charge is 0.198 e. The van der Waals surface area contributed by atoms with Gasteiger partial charge in [-0.3, -0.25) is 4.99 Å². The highest BCUT2D eigenvalue weighted by Crippen LogP contribution is 2.28. The predicted octanol–water partition coefficient (Wildman–Crippen LogP) is 4.89. The van der Waals surface area contributed by atoms with Crippen molar-refractivity contribution in [3.05, 3.63) is 58.1 Å². The van der Waals surface area contributed by atoms with E-state index in [0.717, 1.165) is 27.7 Å². The Morgan fingerprint density at radius 2 is 1.95 bits per heavy atom. The van der Waals surface area contributed by atoms with E-state index in [1.807, 2.05) is 50.2 Å². The standard InChI is InChI=1S/C17H15ClN2O/c1-10-3-6-13-14(17(21)20-16(13)7-10)9-19-12-5-4-11(2)15(18)8-12/h3-9,20-21H,1-2H3. The van der Waals surface area contributed by atoms with Gasteiger partial charge in [-0.2, -0.15) is 0 Å². The first-order valence-electron chi connectivity index (χ1n) is 6.66. The number of aryl methyl sites for hydroxylation is 2. The van der Waals surface area contributed by atoms with Gasteiger partial charge in [0.05, 0.1) is 11.3 Å². The van der Waals surface area contributed by atoms with Crippen LogP contribution in [0.4, 0.5) is 5.69 Å². The van der Waals surface area contributed by atoms with Crippen molar-refractivity contribution in [3.8, 4) is 5.88 Å². The van der Waals surface area contributed by atoms with Gasteiger partial charge in [0.25, 0.3) is 0 Å². The van der Waals surface area contributed by atoms with Crippen molar-refractivity contribution in [1.29, 1.82) is 0 Å². The van der Waals surface area contributed by atoms with E-state index in [2.05, 4.69) is 9.98 Å². The molecule has 0 amide bonds. The van der Waals surface area contributed by atoms with Crippen LogP contribution in [-0.2, 0) is 0 Å². The summed E-state index contributed by atoms with van der Waals surface area (Å²) in [6.07, 6.45) is 1.66. The normalized spacial score (nSPS) is 11.6. The van der Waals surface area contributed by atoms with Crippen molar-refractivity contribution in [3.63, 3.8) is 0 Å². The maximum atomic E-state index is 10.0. The van der Waals surface area contributed by atoms with Gasteiger partial charge in [-0.1, -0.05) is 29.8 Å². The van der Waals surface area contributed by atoms with E-state index in [-0.39, 0.29) is 5.88 Å². The van der Waals surface area contributed by atoms with Crippen LogP contribution in [0.3, 0.4) is 0 Å². The molecule has 0 atom stereocenters. The van der Waals surface area contributed by atoms with Crippen molar-refractivity contribution < 1.29 is 5.11 Å². The number of halogens is 1. The fourth-order valence-electron chi connectivity index (χ4n) is 2.25. The molecular weight excluding hydrogens is 284 g/mol. The summed E-state index contributed by atoms with van der Waals surface area (Å²) < 4.78 is 0. The van der Waals surface area contributed by atoms with Crippen molar-refractivity contribution in [1.82, 2.24) is 4.98 Å². The molecule has 0 bridgehead atoms. The molecule has 0 fully saturated rings. The monoisotopic (exact) mass is 298 g/mol. The predicted molar refractivity (Wildman–Crippen MR) is 88.1 cm³/mol. The number of fused-ring (bicyclic) bond motifs is 1. The van der Waals surface area contributed by atoms with Crippen molar-refractivity contribution in [2.24, 2.45) is 4.99 Å². The Morgan fingerprint density at radius 3 is 2.71 bits per heavy atom. The van der Waals surface area contributed by atoms with Gasteiger partial charge in [0, 0.05) is 22.1 Å². The molecule has 2 N–H and O–H groups in total. The van der Waals surface area contributed by atoms with Crippen molar-refractivity contribution in [2.45, 2.75) is 13.8 Å². The van der Waals surface area contributed by atoms with Gasteiger partial charge in [-0.15, -0.1) is 0 Å². The first-order chi connectivity index (χ1) is 10.0. The number of hydrogen-bond donors (Lipinski definition) is 2. The number of benzene rings is 2. The Bertz CT molecular complexity index is 849. The Labute approximate surface area is 127 Å². The van der Waals surface area contributed by atoms with Crippen LogP contribution in [-0.4, -0.2) is 16.3 Å². The maximum Gasteiger partial charge on any atom is 0.198 e. The molecule has 3 aromatic rings. The number of aliphatic imine (C=N–C) groups is 1. The van der Waals surface area contributed by atoms with Crippen LogP contribution in [0, 0.1) is 13.8 Å². The molecule has 3 nitrogen and oxygen atoms in total. The molecule has 2 aromatic carbocycles. The lowest BCUT2D eigenvalue weighted by Crippen LogP contribution is -1.80. The SMILES string of the molecule is Cc1ccc2c(C=Nc3ccc(C)c(Cl)c3)c(O)[nH]c2c1. The maximum absolute atomic E-state index is 10.0. The molecule has 0 unspecified atom stereocenters. The molecule has 106 valence electrons. The minimum atomic E-state index is 0.123. The molecule has 0 saturated carbocycles. The summed E-state index contributed by atoms with van der Waals surface area (Å²) in [7, 11) is 0. The lowest BCUT2D eigenvalue weighted by molar-refractivity contribution is 0.457. The van der Waals surface area contributed by atoms with Gasteiger partial charge in [-0.05, 0) is 43.2 Å². The third-order valence-corrected chi connectivity index (χ3v) is 3.88. The molecule has 0 saturated heterocycles. The van der Waals surface area contributed by atoms with E-state index in [0.29, 0.717) is 10.6 Å². The Kier molecular flexibility index (Phi) is 3.43. The fraction of sp³-hybridized carbons (Fsp3) is 0.118. The summed E-state index contributed by atoms with van der Waals surface area (Å²) in [5.74, 6) is 0.123. The van der Waals surface area contributed by atoms with E-state index in [1.165, 1.54) is 0 Å². The van der Waals surface area contributed by atoms with Gasteiger partial charge in [-0.25, -0.2) is 0 Å². The number of nitrogens with zero attached hydrogens (tertiary/aromatic N) is 1. The zero-order valence-corrected chi connectivity index (χ0v) is 12.6. The minimum absolute atomic E-state index is 0.123. The van der Waals surface area contributed by atoms with Crippen LogP contribution >= 0.6 is 11.6 Å². The summed E-state index contributed by atoms with van der Waals surface area (Å²) in [6, 6.07) is 11.6. The third-order valence-electron chi connectivity index (χ3n) is 3.47. The number of rotatable bonds is 2. The molecule has 0 aliphatic rings. The van der Waals surface area contributed by atoms with Crippen LogP contribution in [0.5, 0.6) is 5.88 Å². The third kappa shape index (κ3) is 2.65. The largest absolute Gasteiger partial charge is 0.494 e. The number of H-pyrrole nitrogens is 1. The summed E-state index contributed by atoms with van der Waals surface area (Å²) in [5.41, 5.74) is 4.49. The highest BCUT2D eigenvalue weighted by molar-refractivity contribution is 6.31. The quantitative estimate of drug-likeness (QED) is 0.650. The summed E-state index contributed by atoms with van der Waals surface area (Å²) in [6.45, 7) is 3.96. The average Bonchev–Trinajstić information content (AvgIpc) is 2.75. The molecule has 21 heavy (non-hydrogen) atoms. The topological polar surface area (TPSA) is 48.4 Å². The van der Waals surface area contributed by atoms with Crippen molar-refractivity contribution >= 4 is 34.4 Å². The van der Waals surface area contributed by atoms with E-state index in [9.17, 15) is 5.11 Å². The Balaban J connectivity index is 2.02. The van der Waals surface area contributed by atoms with Gasteiger partial charge in [0.2, 0.25) is 0 Å². The minimum Gasteiger partial charge on any atom is -0.494 e. The van der Waals surface area contributed by atoms with Gasteiger partial charge in [0.15, 0.2) is 5.88 Å². The molecule has 3 rings (SSSR count). The molecule has 4 heteroatoms. The zero-order chi connectivity index (χ0) is 15.0. The number of hydrogen-bond acceptors (Lipinski definition) is 2. The van der Waals surface area contributed by atoms with E-state index in [4.69, 9.17) is 11.6 Å². The second kappa shape index (κ2) is 5.26.